The predicted molar refractivity (Wildman–Crippen MR) is 98.6 cm³/mol. The number of fused-ring (bicyclic) bond motifs is 1. The fraction of sp³-hybridized carbons (Fsp3) is 0.526. The molecule has 0 bridgehead atoms. The van der Waals surface area contributed by atoms with E-state index in [1.54, 1.807) is 0 Å². The molecular formula is C19H28N4. The van der Waals surface area contributed by atoms with Gasteiger partial charge in [-0.2, -0.15) is 0 Å². The molecule has 1 heterocycles. The first-order valence-electron chi connectivity index (χ1n) is 8.79. The molecule has 1 fully saturated rings. The molecule has 3 rings (SSSR count). The van der Waals surface area contributed by atoms with E-state index in [2.05, 4.69) is 60.0 Å². The van der Waals surface area contributed by atoms with Crippen LogP contribution in [0.25, 0.3) is 0 Å². The van der Waals surface area contributed by atoms with Crippen LogP contribution in [0.3, 0.4) is 0 Å². The number of anilines is 2. The van der Waals surface area contributed by atoms with Crippen LogP contribution in [-0.4, -0.2) is 31.4 Å². The number of rotatable bonds is 6. The summed E-state index contributed by atoms with van der Waals surface area (Å²) in [6.07, 6.45) is 7.80. The lowest BCUT2D eigenvalue weighted by atomic mass is 9.92. The molecule has 1 aromatic rings. The molecule has 2 aliphatic rings. The zero-order chi connectivity index (χ0) is 16.2. The maximum atomic E-state index is 8.48. The normalized spacial score (nSPS) is 21.2. The summed E-state index contributed by atoms with van der Waals surface area (Å²) < 4.78 is 0. The van der Waals surface area contributed by atoms with Crippen LogP contribution < -0.4 is 15.5 Å². The van der Waals surface area contributed by atoms with E-state index in [1.165, 1.54) is 24.9 Å². The summed E-state index contributed by atoms with van der Waals surface area (Å²) in [6.45, 7) is 3.03. The first-order chi connectivity index (χ1) is 11.2. The Bertz CT molecular complexity index is 589. The van der Waals surface area contributed by atoms with Gasteiger partial charge < -0.3 is 20.9 Å². The lowest BCUT2D eigenvalue weighted by Crippen LogP contribution is -2.43. The second-order valence-corrected chi connectivity index (χ2v) is 6.72. The van der Waals surface area contributed by atoms with E-state index in [0.717, 1.165) is 36.4 Å². The van der Waals surface area contributed by atoms with Gasteiger partial charge in [0.25, 0.3) is 0 Å². The van der Waals surface area contributed by atoms with Crippen molar-refractivity contribution in [2.24, 2.45) is 0 Å². The third-order valence-corrected chi connectivity index (χ3v) is 4.91. The predicted octanol–water partition coefficient (Wildman–Crippen LogP) is 3.76. The molecule has 1 saturated carbocycles. The Morgan fingerprint density at radius 2 is 2.17 bits per heavy atom. The van der Waals surface area contributed by atoms with Crippen molar-refractivity contribution in [1.29, 1.82) is 5.41 Å². The number of hydrogen-bond acceptors (Lipinski definition) is 4. The smallest absolute Gasteiger partial charge is 0.0721 e. The molecule has 1 aliphatic carbocycles. The van der Waals surface area contributed by atoms with Crippen LogP contribution in [0.1, 0.15) is 39.0 Å². The van der Waals surface area contributed by atoms with E-state index >= 15 is 0 Å². The molecule has 1 aliphatic heterocycles. The van der Waals surface area contributed by atoms with Crippen molar-refractivity contribution >= 4 is 17.1 Å². The van der Waals surface area contributed by atoms with Gasteiger partial charge in [-0.1, -0.05) is 25.5 Å². The third-order valence-electron chi connectivity index (χ3n) is 4.91. The van der Waals surface area contributed by atoms with E-state index in [4.69, 9.17) is 5.41 Å². The fourth-order valence-electron chi connectivity index (χ4n) is 3.29. The third kappa shape index (κ3) is 3.52. The number of para-hydroxylation sites is 2. The minimum absolute atomic E-state index is 0.168. The molecule has 3 N–H and O–H groups in total. The summed E-state index contributed by atoms with van der Waals surface area (Å²) in [5, 5.41) is 15.7. The molecule has 4 heteroatoms. The fourth-order valence-corrected chi connectivity index (χ4v) is 3.29. The van der Waals surface area contributed by atoms with Crippen molar-refractivity contribution in [2.45, 2.75) is 51.1 Å². The molecule has 4 nitrogen and oxygen atoms in total. The molecule has 23 heavy (non-hydrogen) atoms. The molecule has 0 radical (unpaired) electrons. The molecule has 0 saturated heterocycles. The van der Waals surface area contributed by atoms with Crippen molar-refractivity contribution in [1.82, 2.24) is 5.32 Å². The van der Waals surface area contributed by atoms with Gasteiger partial charge in [-0.05, 0) is 37.8 Å². The van der Waals surface area contributed by atoms with Gasteiger partial charge in [0.1, 0.15) is 0 Å². The lowest BCUT2D eigenvalue weighted by Gasteiger charge is -2.36. The van der Waals surface area contributed by atoms with Gasteiger partial charge in [-0.3, -0.25) is 0 Å². The lowest BCUT2D eigenvalue weighted by molar-refractivity contribution is 0.372. The molecule has 1 atom stereocenters. The zero-order valence-electron chi connectivity index (χ0n) is 14.2. The Morgan fingerprint density at radius 3 is 2.87 bits per heavy atom. The molecule has 0 aromatic heterocycles. The maximum absolute atomic E-state index is 8.48. The highest BCUT2D eigenvalue weighted by atomic mass is 15.2. The molecule has 0 spiro atoms. The Hall–Kier alpha value is -1.97. The van der Waals surface area contributed by atoms with Gasteiger partial charge in [-0.15, -0.1) is 0 Å². The quantitative estimate of drug-likeness (QED) is 0.701. The number of hydrogen-bond donors (Lipinski definition) is 3. The Labute approximate surface area is 139 Å². The van der Waals surface area contributed by atoms with E-state index < -0.39 is 0 Å². The minimum Gasteiger partial charge on any atom is -0.388 e. The van der Waals surface area contributed by atoms with Crippen molar-refractivity contribution in [3.8, 4) is 0 Å². The second kappa shape index (κ2) is 7.07. The zero-order valence-corrected chi connectivity index (χ0v) is 14.2. The summed E-state index contributed by atoms with van der Waals surface area (Å²) >= 11 is 0. The summed E-state index contributed by atoms with van der Waals surface area (Å²) in [5.41, 5.74) is 4.26. The Kier molecular flexibility index (Phi) is 4.89. The maximum Gasteiger partial charge on any atom is 0.0721 e. The SMILES string of the molecule is CCCC(=N)/C(=C\NC1CCC1)C1CN(C)c2ccccc2N1. The summed E-state index contributed by atoms with van der Waals surface area (Å²) in [4.78, 5) is 2.28. The van der Waals surface area contributed by atoms with Crippen molar-refractivity contribution in [2.75, 3.05) is 23.8 Å². The van der Waals surface area contributed by atoms with Gasteiger partial charge in [0.15, 0.2) is 0 Å². The molecule has 0 amide bonds. The standard InChI is InChI=1S/C19H28N4/c1-3-7-16(20)15(12-21-14-8-6-9-14)18-13-23(2)19-11-5-4-10-17(19)22-18/h4-5,10-12,14,18,20-22H,3,6-9,13H2,1-2H3/b15-12+,20-16?. The number of nitrogens with zero attached hydrogens (tertiary/aromatic N) is 1. The van der Waals surface area contributed by atoms with Crippen LogP contribution in [-0.2, 0) is 0 Å². The summed E-state index contributed by atoms with van der Waals surface area (Å²) in [5.74, 6) is 0. The van der Waals surface area contributed by atoms with Gasteiger partial charge >= 0.3 is 0 Å². The van der Waals surface area contributed by atoms with Crippen LogP contribution in [0.5, 0.6) is 0 Å². The Morgan fingerprint density at radius 1 is 1.39 bits per heavy atom. The van der Waals surface area contributed by atoms with E-state index in [9.17, 15) is 0 Å². The highest BCUT2D eigenvalue weighted by molar-refractivity contribution is 5.99. The molecular weight excluding hydrogens is 284 g/mol. The highest BCUT2D eigenvalue weighted by Crippen LogP contribution is 2.31. The number of nitrogens with one attached hydrogen (secondary N) is 3. The van der Waals surface area contributed by atoms with Crippen LogP contribution in [0.2, 0.25) is 0 Å². The first kappa shape index (κ1) is 15.9. The first-order valence-corrected chi connectivity index (χ1v) is 8.79. The number of benzene rings is 1. The van der Waals surface area contributed by atoms with Crippen LogP contribution >= 0.6 is 0 Å². The molecule has 1 unspecified atom stereocenters. The van der Waals surface area contributed by atoms with Crippen molar-refractivity contribution in [3.63, 3.8) is 0 Å². The Balaban J connectivity index is 1.80. The van der Waals surface area contributed by atoms with Crippen LogP contribution in [0, 0.1) is 5.41 Å². The minimum atomic E-state index is 0.168. The molecule has 124 valence electrons. The van der Waals surface area contributed by atoms with Crippen LogP contribution in [0.4, 0.5) is 11.4 Å². The average molecular weight is 312 g/mol. The van der Waals surface area contributed by atoms with Crippen molar-refractivity contribution < 1.29 is 0 Å². The van der Waals surface area contributed by atoms with Crippen molar-refractivity contribution in [3.05, 3.63) is 36.0 Å². The van der Waals surface area contributed by atoms with Crippen LogP contribution in [0.15, 0.2) is 36.0 Å². The van der Waals surface area contributed by atoms with E-state index in [-0.39, 0.29) is 6.04 Å². The van der Waals surface area contributed by atoms with Gasteiger partial charge in [-0.25, -0.2) is 0 Å². The number of likely N-dealkylation sites (N-methyl/N-ethyl adjacent to an activating group) is 1. The van der Waals surface area contributed by atoms with E-state index in [0.29, 0.717) is 6.04 Å². The second-order valence-electron chi connectivity index (χ2n) is 6.72. The monoisotopic (exact) mass is 312 g/mol. The van der Waals surface area contributed by atoms with Gasteiger partial charge in [0.05, 0.1) is 17.4 Å². The summed E-state index contributed by atoms with van der Waals surface area (Å²) in [7, 11) is 2.13. The topological polar surface area (TPSA) is 51.2 Å². The summed E-state index contributed by atoms with van der Waals surface area (Å²) in [6, 6.07) is 9.18. The van der Waals surface area contributed by atoms with Gasteiger partial charge in [0, 0.05) is 37.1 Å². The largest absolute Gasteiger partial charge is 0.388 e. The van der Waals surface area contributed by atoms with Gasteiger partial charge in [0.2, 0.25) is 0 Å². The average Bonchev–Trinajstić information content (AvgIpc) is 2.50. The highest BCUT2D eigenvalue weighted by Gasteiger charge is 2.26. The van der Waals surface area contributed by atoms with E-state index in [1.807, 2.05) is 0 Å². The molecule has 1 aromatic carbocycles.